The number of aromatic nitrogens is 1. The lowest BCUT2D eigenvalue weighted by Crippen LogP contribution is -2.45. The van der Waals surface area contributed by atoms with Crippen molar-refractivity contribution in [3.05, 3.63) is 58.4 Å². The molecule has 0 radical (unpaired) electrons. The summed E-state index contributed by atoms with van der Waals surface area (Å²) in [5.41, 5.74) is -0.337. The van der Waals surface area contributed by atoms with Crippen LogP contribution < -0.4 is 50.0 Å². The van der Waals surface area contributed by atoms with Crippen LogP contribution in [0.25, 0.3) is 44.3 Å². The highest BCUT2D eigenvalue weighted by Crippen LogP contribution is 2.50. The molecule has 1 aliphatic rings. The first kappa shape index (κ1) is 63.2. The molecule has 21 nitrogen and oxygen atoms in total. The SMILES string of the molecule is COc1cc(-c2c3n(c4c(=O)oc5cc(OC(=O)[C@H](CC(C)C)NC(=O)OC(C)(C)C)c(OC)cc5c24)CCc2cc(OC(=O)[C@H](CC(C)C)NC(=O)OC(C)(C)C)c(OC)cc2-3)ccc1OC(=O)[C@H](CC(C)C)NC(=O)OC(C)(C)C. The lowest BCUT2D eigenvalue weighted by Gasteiger charge is -2.25. The van der Waals surface area contributed by atoms with Gasteiger partial charge in [0, 0.05) is 34.5 Å². The number of methoxy groups -OCH3 is 3. The Hall–Kier alpha value is -7.97. The van der Waals surface area contributed by atoms with E-state index in [1.54, 1.807) is 92.6 Å². The maximum absolute atomic E-state index is 14.7. The van der Waals surface area contributed by atoms with Crippen LogP contribution in [0.15, 0.2) is 51.7 Å². The summed E-state index contributed by atoms with van der Waals surface area (Å²) in [6, 6.07) is 7.92. The van der Waals surface area contributed by atoms with Gasteiger partial charge in [0.25, 0.3) is 0 Å². The number of rotatable bonds is 19. The van der Waals surface area contributed by atoms with E-state index < -0.39 is 76.7 Å². The Kier molecular flexibility index (Phi) is 19.6. The van der Waals surface area contributed by atoms with Gasteiger partial charge in [-0.2, -0.15) is 0 Å². The van der Waals surface area contributed by atoms with Crippen molar-refractivity contribution in [1.82, 2.24) is 20.5 Å². The minimum absolute atomic E-state index is 0.00742. The number of ether oxygens (including phenoxy) is 9. The van der Waals surface area contributed by atoms with Gasteiger partial charge in [0.15, 0.2) is 34.5 Å². The summed E-state index contributed by atoms with van der Waals surface area (Å²) in [7, 11) is 4.20. The molecule has 0 bridgehead atoms. The lowest BCUT2D eigenvalue weighted by molar-refractivity contribution is -0.138. The number of nitrogens with zero attached hydrogens (tertiary/aromatic N) is 1. The van der Waals surface area contributed by atoms with E-state index in [0.29, 0.717) is 45.1 Å². The number of carbonyl (C=O) groups is 6. The molecule has 0 unspecified atom stereocenters. The predicted molar refractivity (Wildman–Crippen MR) is 307 cm³/mol. The van der Waals surface area contributed by atoms with E-state index >= 15 is 0 Å². The number of hydrogen-bond donors (Lipinski definition) is 3. The normalized spacial score (nSPS) is 13.6. The quantitative estimate of drug-likeness (QED) is 0.0300. The molecule has 3 aromatic carbocycles. The highest BCUT2D eigenvalue weighted by atomic mass is 16.6. The van der Waals surface area contributed by atoms with Gasteiger partial charge in [-0.1, -0.05) is 47.6 Å². The molecule has 0 aliphatic carbocycles. The summed E-state index contributed by atoms with van der Waals surface area (Å²) in [6.45, 7) is 27.0. The molecule has 0 saturated heterocycles. The van der Waals surface area contributed by atoms with Gasteiger partial charge in [-0.25, -0.2) is 33.6 Å². The molecular formula is C61H80N4O17. The number of amides is 3. The van der Waals surface area contributed by atoms with Crippen LogP contribution in [0, 0.1) is 17.8 Å². The minimum Gasteiger partial charge on any atom is -0.493 e. The maximum atomic E-state index is 14.7. The third-order valence-electron chi connectivity index (χ3n) is 12.6. The standard InChI is InChI=1S/C61H80N4O17/c1-31(2)23-38(62-56(70)80-59(7,8)9)52(66)76-41-20-19-35(27-43(41)73-16)48-49-37-29-45(75-18)47(79-54(68)40(25-33(5)6)64-58(72)82-61(13,14)15)30-42(37)77-55(69)51(49)65-22-21-34-26-46(44(74-17)28-36(34)50(48)65)78-53(67)39(24-32(3)4)63-57(71)81-60(10,11)12/h19-20,26-33,38-40H,21-25H2,1-18H3,(H,62,70)(H,63,71)(H,64,72)/t38-,39-,40-/m0/s1. The molecule has 6 rings (SSSR count). The van der Waals surface area contributed by atoms with Gasteiger partial charge >= 0.3 is 41.8 Å². The fraction of sp³-hybridized carbons (Fsp3) is 0.525. The Balaban J connectivity index is 1.55. The van der Waals surface area contributed by atoms with Crippen molar-refractivity contribution < 1.29 is 75.8 Å². The van der Waals surface area contributed by atoms with Crippen molar-refractivity contribution in [3.8, 4) is 56.9 Å². The Morgan fingerprint density at radius 3 is 1.39 bits per heavy atom. The molecule has 3 heterocycles. The molecule has 1 aliphatic heterocycles. The van der Waals surface area contributed by atoms with Gasteiger partial charge in [0.2, 0.25) is 0 Å². The molecule has 0 fully saturated rings. The van der Waals surface area contributed by atoms with E-state index in [2.05, 4.69) is 16.0 Å². The molecular weight excluding hydrogens is 1060 g/mol. The molecule has 2 aromatic heterocycles. The fourth-order valence-electron chi connectivity index (χ4n) is 9.44. The average molecular weight is 1140 g/mol. The van der Waals surface area contributed by atoms with Crippen LogP contribution >= 0.6 is 0 Å². The Morgan fingerprint density at radius 1 is 0.549 bits per heavy atom. The maximum Gasteiger partial charge on any atom is 0.408 e. The third kappa shape index (κ3) is 15.9. The zero-order chi connectivity index (χ0) is 60.9. The van der Waals surface area contributed by atoms with E-state index in [9.17, 15) is 33.6 Å². The number of carbonyl (C=O) groups excluding carboxylic acids is 6. The van der Waals surface area contributed by atoms with Crippen molar-refractivity contribution >= 4 is 58.1 Å². The van der Waals surface area contributed by atoms with E-state index in [-0.39, 0.29) is 89.2 Å². The highest BCUT2D eigenvalue weighted by molar-refractivity contribution is 6.17. The topological polar surface area (TPSA) is 257 Å². The molecule has 21 heteroatoms. The van der Waals surface area contributed by atoms with Crippen molar-refractivity contribution in [2.45, 2.75) is 171 Å². The fourth-order valence-corrected chi connectivity index (χ4v) is 9.44. The van der Waals surface area contributed by atoms with Gasteiger partial charge in [-0.3, -0.25) is 0 Å². The minimum atomic E-state index is -1.13. The van der Waals surface area contributed by atoms with Crippen molar-refractivity contribution in [3.63, 3.8) is 0 Å². The van der Waals surface area contributed by atoms with Crippen LogP contribution in [0.5, 0.6) is 34.5 Å². The number of nitrogens with one attached hydrogen (secondary N) is 3. The van der Waals surface area contributed by atoms with Gasteiger partial charge in [-0.15, -0.1) is 0 Å². The number of aryl methyl sites for hydroxylation is 2. The van der Waals surface area contributed by atoms with Crippen molar-refractivity contribution in [2.24, 2.45) is 17.8 Å². The first-order chi connectivity index (χ1) is 38.2. The number of benzene rings is 3. The molecule has 446 valence electrons. The first-order valence-electron chi connectivity index (χ1n) is 27.4. The Bertz CT molecular complexity index is 3280. The molecule has 3 atom stereocenters. The summed E-state index contributed by atoms with van der Waals surface area (Å²) in [6.07, 6.45) is -1.39. The molecule has 0 saturated carbocycles. The van der Waals surface area contributed by atoms with Crippen LogP contribution in [-0.2, 0) is 41.6 Å². The van der Waals surface area contributed by atoms with Gasteiger partial charge < -0.3 is 67.6 Å². The van der Waals surface area contributed by atoms with Gasteiger partial charge in [-0.05, 0) is 147 Å². The van der Waals surface area contributed by atoms with Crippen LogP contribution in [0.4, 0.5) is 14.4 Å². The van der Waals surface area contributed by atoms with Crippen LogP contribution in [0.3, 0.4) is 0 Å². The van der Waals surface area contributed by atoms with Crippen LogP contribution in [0.2, 0.25) is 0 Å². The summed E-state index contributed by atoms with van der Waals surface area (Å²) in [5.74, 6) is -2.11. The van der Waals surface area contributed by atoms with Crippen LogP contribution in [0.1, 0.15) is 129 Å². The zero-order valence-corrected chi connectivity index (χ0v) is 50.4. The summed E-state index contributed by atoms with van der Waals surface area (Å²) >= 11 is 0. The average Bonchev–Trinajstić information content (AvgIpc) is 3.88. The molecule has 82 heavy (non-hydrogen) atoms. The Morgan fingerprint density at radius 2 is 0.963 bits per heavy atom. The lowest BCUT2D eigenvalue weighted by atomic mass is 9.91. The van der Waals surface area contributed by atoms with Crippen molar-refractivity contribution in [2.75, 3.05) is 21.3 Å². The first-order valence-corrected chi connectivity index (χ1v) is 27.4. The highest BCUT2D eigenvalue weighted by Gasteiger charge is 2.35. The monoisotopic (exact) mass is 1140 g/mol. The number of esters is 3. The van der Waals surface area contributed by atoms with Crippen LogP contribution in [-0.4, -0.2) is 97.0 Å². The second kappa shape index (κ2) is 25.4. The summed E-state index contributed by atoms with van der Waals surface area (Å²) < 4.78 is 60.0. The third-order valence-corrected chi connectivity index (χ3v) is 12.6. The largest absolute Gasteiger partial charge is 0.493 e. The number of alkyl carbamates (subject to hydrolysis) is 3. The smallest absolute Gasteiger partial charge is 0.408 e. The van der Waals surface area contributed by atoms with Crippen molar-refractivity contribution in [1.29, 1.82) is 0 Å². The van der Waals surface area contributed by atoms with Gasteiger partial charge in [0.1, 0.15) is 46.0 Å². The molecule has 3 N–H and O–H groups in total. The summed E-state index contributed by atoms with van der Waals surface area (Å²) in [4.78, 5) is 95.5. The molecule has 0 spiro atoms. The number of hydrogen-bond acceptors (Lipinski definition) is 17. The second-order valence-corrected chi connectivity index (χ2v) is 24.5. The van der Waals surface area contributed by atoms with Gasteiger partial charge in [0.05, 0.1) is 27.0 Å². The Labute approximate surface area is 478 Å². The van der Waals surface area contributed by atoms with E-state index in [1.807, 2.05) is 46.1 Å². The number of fused-ring (bicyclic) bond motifs is 7. The summed E-state index contributed by atoms with van der Waals surface area (Å²) in [5, 5.41) is 8.69. The van der Waals surface area contributed by atoms with E-state index in [0.717, 1.165) is 0 Å². The predicted octanol–water partition coefficient (Wildman–Crippen LogP) is 11.2. The second-order valence-electron chi connectivity index (χ2n) is 24.5. The molecule has 3 amide bonds. The van der Waals surface area contributed by atoms with E-state index in [1.165, 1.54) is 33.5 Å². The zero-order valence-electron chi connectivity index (χ0n) is 50.4. The molecule has 5 aromatic rings. The van der Waals surface area contributed by atoms with E-state index in [4.69, 9.17) is 47.0 Å².